The van der Waals surface area contributed by atoms with Gasteiger partial charge in [-0.25, -0.2) is 4.79 Å². The normalized spacial score (nSPS) is 25.4. The number of halogens is 1. The number of imide groups is 2. The Morgan fingerprint density at radius 3 is 2.67 bits per heavy atom. The first-order valence-electron chi connectivity index (χ1n) is 10.3. The van der Waals surface area contributed by atoms with Crippen LogP contribution in [0.1, 0.15) is 24.0 Å². The first-order valence-corrected chi connectivity index (χ1v) is 10.7. The second kappa shape index (κ2) is 7.13. The third kappa shape index (κ3) is 2.74. The second-order valence-corrected chi connectivity index (χ2v) is 8.60. The van der Waals surface area contributed by atoms with E-state index in [1.807, 2.05) is 42.5 Å². The van der Waals surface area contributed by atoms with Crippen molar-refractivity contribution in [3.63, 3.8) is 0 Å². The van der Waals surface area contributed by atoms with Gasteiger partial charge in [0.2, 0.25) is 11.8 Å². The molecule has 3 heterocycles. The van der Waals surface area contributed by atoms with Crippen molar-refractivity contribution in [2.75, 3.05) is 18.0 Å². The van der Waals surface area contributed by atoms with E-state index in [1.54, 1.807) is 6.07 Å². The first kappa shape index (κ1) is 19.1. The van der Waals surface area contributed by atoms with E-state index in [0.29, 0.717) is 11.4 Å². The molecule has 3 aliphatic rings. The summed E-state index contributed by atoms with van der Waals surface area (Å²) in [4.78, 5) is 43.0. The van der Waals surface area contributed by atoms with Gasteiger partial charge >= 0.3 is 6.03 Å². The molecule has 1 N–H and O–H groups in total. The van der Waals surface area contributed by atoms with Crippen molar-refractivity contribution in [2.45, 2.75) is 31.7 Å². The zero-order valence-electron chi connectivity index (χ0n) is 16.4. The van der Waals surface area contributed by atoms with Crippen LogP contribution in [0.3, 0.4) is 0 Å². The highest BCUT2D eigenvalue weighted by molar-refractivity contribution is 6.32. The number of urea groups is 1. The van der Waals surface area contributed by atoms with Crippen LogP contribution in [-0.4, -0.2) is 41.9 Å². The molecule has 2 atom stereocenters. The second-order valence-electron chi connectivity index (χ2n) is 8.19. The molecule has 0 saturated carbocycles. The van der Waals surface area contributed by atoms with Gasteiger partial charge in [0.05, 0.1) is 6.04 Å². The highest BCUT2D eigenvalue weighted by atomic mass is 35.5. The Hall–Kier alpha value is -2.86. The van der Waals surface area contributed by atoms with Gasteiger partial charge in [0, 0.05) is 30.2 Å². The molecule has 0 aliphatic carbocycles. The van der Waals surface area contributed by atoms with Gasteiger partial charge in [-0.3, -0.25) is 19.8 Å². The highest BCUT2D eigenvalue weighted by Crippen LogP contribution is 2.49. The Balaban J connectivity index is 1.53. The van der Waals surface area contributed by atoms with Gasteiger partial charge in [-0.05, 0) is 42.5 Å². The van der Waals surface area contributed by atoms with Crippen LogP contribution >= 0.6 is 11.6 Å². The Kier molecular flexibility index (Phi) is 4.54. The topological polar surface area (TPSA) is 69.7 Å². The van der Waals surface area contributed by atoms with E-state index in [-0.39, 0.29) is 19.0 Å². The first-order chi connectivity index (χ1) is 14.5. The quantitative estimate of drug-likeness (QED) is 0.770. The van der Waals surface area contributed by atoms with Crippen molar-refractivity contribution in [2.24, 2.45) is 5.41 Å². The summed E-state index contributed by atoms with van der Waals surface area (Å²) in [6, 6.07) is 14.5. The Bertz CT molecular complexity index is 1040. The summed E-state index contributed by atoms with van der Waals surface area (Å²) in [5.74, 6) is -0.911. The molecular weight excluding hydrogens is 402 g/mol. The van der Waals surface area contributed by atoms with E-state index in [2.05, 4.69) is 10.2 Å². The monoisotopic (exact) mass is 423 g/mol. The third-order valence-corrected chi connectivity index (χ3v) is 7.00. The lowest BCUT2D eigenvalue weighted by molar-refractivity contribution is -0.153. The summed E-state index contributed by atoms with van der Waals surface area (Å²) in [6.07, 6.45) is 2.36. The maximum absolute atomic E-state index is 13.8. The SMILES string of the molecule is O=C1NC(=O)[C@]2(Cc3c(Cl)cccc3N3CCC[C@H]32)C(=O)N1CCc1ccccc1. The summed E-state index contributed by atoms with van der Waals surface area (Å²) in [7, 11) is 0. The van der Waals surface area contributed by atoms with Crippen molar-refractivity contribution in [3.05, 3.63) is 64.7 Å². The molecule has 4 amide bonds. The molecule has 3 aliphatic heterocycles. The maximum atomic E-state index is 13.8. The number of carbonyl (C=O) groups excluding carboxylic acids is 3. The zero-order valence-corrected chi connectivity index (χ0v) is 17.2. The molecule has 30 heavy (non-hydrogen) atoms. The molecular formula is C23H22ClN3O3. The molecule has 0 bridgehead atoms. The van der Waals surface area contributed by atoms with Gasteiger partial charge < -0.3 is 4.90 Å². The summed E-state index contributed by atoms with van der Waals surface area (Å²) in [5.41, 5.74) is 1.49. The fourth-order valence-electron chi connectivity index (χ4n) is 5.20. The Morgan fingerprint density at radius 1 is 1.07 bits per heavy atom. The van der Waals surface area contributed by atoms with E-state index < -0.39 is 23.3 Å². The number of rotatable bonds is 3. The van der Waals surface area contributed by atoms with Gasteiger partial charge in [0.1, 0.15) is 0 Å². The van der Waals surface area contributed by atoms with Crippen LogP contribution in [0.2, 0.25) is 5.02 Å². The van der Waals surface area contributed by atoms with Crippen LogP contribution in [-0.2, 0) is 22.4 Å². The molecule has 0 radical (unpaired) electrons. The summed E-state index contributed by atoms with van der Waals surface area (Å²) in [5, 5.41) is 3.02. The van der Waals surface area contributed by atoms with Crippen molar-refractivity contribution in [1.82, 2.24) is 10.2 Å². The molecule has 2 fully saturated rings. The maximum Gasteiger partial charge on any atom is 0.330 e. The number of barbiturate groups is 1. The third-order valence-electron chi connectivity index (χ3n) is 6.65. The number of hydrogen-bond donors (Lipinski definition) is 1. The fraction of sp³-hybridized carbons (Fsp3) is 0.348. The molecule has 1 spiro atoms. The summed E-state index contributed by atoms with van der Waals surface area (Å²) >= 11 is 6.49. The average Bonchev–Trinajstić information content (AvgIpc) is 3.24. The van der Waals surface area contributed by atoms with Gasteiger partial charge in [-0.2, -0.15) is 0 Å². The lowest BCUT2D eigenvalue weighted by Crippen LogP contribution is -2.71. The molecule has 0 aromatic heterocycles. The minimum atomic E-state index is -1.33. The lowest BCUT2D eigenvalue weighted by atomic mass is 9.68. The Morgan fingerprint density at radius 2 is 1.87 bits per heavy atom. The summed E-state index contributed by atoms with van der Waals surface area (Å²) < 4.78 is 0. The van der Waals surface area contributed by atoms with E-state index >= 15 is 0 Å². The van der Waals surface area contributed by atoms with Gasteiger partial charge in [-0.15, -0.1) is 0 Å². The number of nitrogens with zero attached hydrogens (tertiary/aromatic N) is 2. The molecule has 0 unspecified atom stereocenters. The number of fused-ring (bicyclic) bond motifs is 4. The van der Waals surface area contributed by atoms with Crippen LogP contribution in [0, 0.1) is 5.41 Å². The number of anilines is 1. The predicted molar refractivity (Wildman–Crippen MR) is 113 cm³/mol. The average molecular weight is 424 g/mol. The van der Waals surface area contributed by atoms with Crippen molar-refractivity contribution < 1.29 is 14.4 Å². The molecule has 5 rings (SSSR count). The molecule has 2 aromatic rings. The van der Waals surface area contributed by atoms with E-state index in [4.69, 9.17) is 11.6 Å². The predicted octanol–water partition coefficient (Wildman–Crippen LogP) is 3.17. The van der Waals surface area contributed by atoms with Gasteiger partial charge in [0.25, 0.3) is 0 Å². The molecule has 2 aromatic carbocycles. The number of hydrogen-bond acceptors (Lipinski definition) is 4. The van der Waals surface area contributed by atoms with E-state index in [9.17, 15) is 14.4 Å². The van der Waals surface area contributed by atoms with Crippen LogP contribution in [0.4, 0.5) is 10.5 Å². The largest absolute Gasteiger partial charge is 0.367 e. The van der Waals surface area contributed by atoms with Crippen LogP contribution in [0.15, 0.2) is 48.5 Å². The van der Waals surface area contributed by atoms with E-state index in [1.165, 1.54) is 4.90 Å². The zero-order chi connectivity index (χ0) is 20.9. The van der Waals surface area contributed by atoms with Crippen molar-refractivity contribution in [3.8, 4) is 0 Å². The fourth-order valence-corrected chi connectivity index (χ4v) is 5.44. The minimum Gasteiger partial charge on any atom is -0.367 e. The molecule has 7 heteroatoms. The van der Waals surface area contributed by atoms with Crippen LogP contribution in [0.5, 0.6) is 0 Å². The highest BCUT2D eigenvalue weighted by Gasteiger charge is 2.62. The van der Waals surface area contributed by atoms with Crippen LogP contribution in [0.25, 0.3) is 0 Å². The van der Waals surface area contributed by atoms with Crippen molar-refractivity contribution >= 4 is 35.1 Å². The van der Waals surface area contributed by atoms with Crippen LogP contribution < -0.4 is 10.2 Å². The smallest absolute Gasteiger partial charge is 0.330 e. The van der Waals surface area contributed by atoms with Crippen molar-refractivity contribution in [1.29, 1.82) is 0 Å². The number of amides is 4. The lowest BCUT2D eigenvalue weighted by Gasteiger charge is -2.49. The van der Waals surface area contributed by atoms with Gasteiger partial charge in [0.15, 0.2) is 5.41 Å². The molecule has 154 valence electrons. The molecule has 6 nitrogen and oxygen atoms in total. The molecule has 2 saturated heterocycles. The number of carbonyl (C=O) groups is 3. The number of nitrogens with one attached hydrogen (secondary N) is 1. The standard InChI is InChI=1S/C23H22ClN3O3/c24-17-8-4-9-18-16(17)14-23(19-10-5-12-26(18)19)20(28)25-22(30)27(21(23)29)13-11-15-6-2-1-3-7-15/h1-4,6-9,19H,5,10-14H2,(H,25,28,30)/t19-,23+/m0/s1. The number of benzene rings is 2. The van der Waals surface area contributed by atoms with E-state index in [0.717, 1.165) is 36.2 Å². The van der Waals surface area contributed by atoms with Gasteiger partial charge in [-0.1, -0.05) is 48.0 Å². The Labute approximate surface area is 179 Å². The minimum absolute atomic E-state index is 0.211. The summed E-state index contributed by atoms with van der Waals surface area (Å²) in [6.45, 7) is 0.990.